The summed E-state index contributed by atoms with van der Waals surface area (Å²) in [7, 11) is -5.36. The van der Waals surface area contributed by atoms with Gasteiger partial charge < -0.3 is 4.74 Å². The SMILES string of the molecule is COCCS(=O)(=O)Nc1cccc(N2CCCS2(=O)=O)c1. The van der Waals surface area contributed by atoms with Gasteiger partial charge in [-0.2, -0.15) is 0 Å². The molecule has 1 aromatic rings. The maximum atomic E-state index is 11.9. The highest BCUT2D eigenvalue weighted by molar-refractivity contribution is 7.93. The summed E-state index contributed by atoms with van der Waals surface area (Å²) in [4.78, 5) is 0. The molecule has 2 rings (SSSR count). The molecule has 0 unspecified atom stereocenters. The fourth-order valence-corrected chi connectivity index (χ4v) is 4.61. The van der Waals surface area contributed by atoms with Gasteiger partial charge in [0.25, 0.3) is 0 Å². The average Bonchev–Trinajstić information content (AvgIpc) is 2.76. The highest BCUT2D eigenvalue weighted by Gasteiger charge is 2.28. The van der Waals surface area contributed by atoms with E-state index in [4.69, 9.17) is 4.74 Å². The van der Waals surface area contributed by atoms with E-state index in [0.717, 1.165) is 0 Å². The first-order valence-electron chi connectivity index (χ1n) is 6.44. The van der Waals surface area contributed by atoms with Crippen LogP contribution in [0, 0.1) is 0 Å². The van der Waals surface area contributed by atoms with Gasteiger partial charge in [0.05, 0.1) is 29.5 Å². The van der Waals surface area contributed by atoms with Gasteiger partial charge in [-0.15, -0.1) is 0 Å². The number of hydrogen-bond acceptors (Lipinski definition) is 5. The molecule has 0 saturated carbocycles. The van der Waals surface area contributed by atoms with Crippen molar-refractivity contribution in [1.82, 2.24) is 0 Å². The minimum absolute atomic E-state index is 0.0928. The Morgan fingerprint density at radius 2 is 2.14 bits per heavy atom. The Kier molecular flexibility index (Phi) is 4.74. The molecule has 1 heterocycles. The fraction of sp³-hybridized carbons (Fsp3) is 0.500. The van der Waals surface area contributed by atoms with Gasteiger partial charge in [-0.05, 0) is 24.6 Å². The molecule has 1 N–H and O–H groups in total. The Balaban J connectivity index is 2.19. The largest absolute Gasteiger partial charge is 0.384 e. The van der Waals surface area contributed by atoms with Crippen LogP contribution in [0.4, 0.5) is 11.4 Å². The third-order valence-electron chi connectivity index (χ3n) is 3.06. The minimum Gasteiger partial charge on any atom is -0.384 e. The van der Waals surface area contributed by atoms with Crippen LogP contribution in [0.3, 0.4) is 0 Å². The van der Waals surface area contributed by atoms with E-state index in [1.54, 1.807) is 18.2 Å². The smallest absolute Gasteiger partial charge is 0.235 e. The van der Waals surface area contributed by atoms with E-state index in [9.17, 15) is 16.8 Å². The number of hydrogen-bond donors (Lipinski definition) is 1. The normalized spacial score (nSPS) is 17.9. The summed E-state index contributed by atoms with van der Waals surface area (Å²) in [5.74, 6) is -0.0352. The lowest BCUT2D eigenvalue weighted by atomic mass is 10.3. The molecule has 0 radical (unpaired) electrons. The maximum Gasteiger partial charge on any atom is 0.235 e. The van der Waals surface area contributed by atoms with Crippen molar-refractivity contribution in [3.63, 3.8) is 0 Å². The topological polar surface area (TPSA) is 92.8 Å². The zero-order valence-corrected chi connectivity index (χ0v) is 13.3. The van der Waals surface area contributed by atoms with E-state index in [1.165, 1.54) is 17.5 Å². The van der Waals surface area contributed by atoms with E-state index in [1.807, 2.05) is 0 Å². The molecule has 0 amide bonds. The highest BCUT2D eigenvalue weighted by atomic mass is 32.2. The highest BCUT2D eigenvalue weighted by Crippen LogP contribution is 2.26. The van der Waals surface area contributed by atoms with Crippen molar-refractivity contribution in [3.05, 3.63) is 24.3 Å². The summed E-state index contributed by atoms with van der Waals surface area (Å²) in [6.45, 7) is 0.512. The second-order valence-corrected chi connectivity index (χ2v) is 8.56. The van der Waals surface area contributed by atoms with Crippen molar-refractivity contribution in [2.75, 3.05) is 40.8 Å². The lowest BCUT2D eigenvalue weighted by Gasteiger charge is -2.18. The minimum atomic E-state index is -3.51. The number of benzene rings is 1. The first-order valence-corrected chi connectivity index (χ1v) is 9.70. The summed E-state index contributed by atoms with van der Waals surface area (Å²) in [6, 6.07) is 6.37. The van der Waals surface area contributed by atoms with E-state index in [0.29, 0.717) is 24.3 Å². The molecule has 1 saturated heterocycles. The van der Waals surface area contributed by atoms with E-state index < -0.39 is 20.0 Å². The van der Waals surface area contributed by atoms with Gasteiger partial charge in [0.1, 0.15) is 0 Å². The van der Waals surface area contributed by atoms with Crippen molar-refractivity contribution in [2.45, 2.75) is 6.42 Å². The number of anilines is 2. The monoisotopic (exact) mass is 334 g/mol. The van der Waals surface area contributed by atoms with Gasteiger partial charge in [0, 0.05) is 13.7 Å². The molecule has 1 fully saturated rings. The Morgan fingerprint density at radius 1 is 1.38 bits per heavy atom. The Morgan fingerprint density at radius 3 is 2.76 bits per heavy atom. The van der Waals surface area contributed by atoms with Crippen molar-refractivity contribution in [3.8, 4) is 0 Å². The summed E-state index contributed by atoms with van der Waals surface area (Å²) >= 11 is 0. The zero-order chi connectivity index (χ0) is 15.5. The average molecular weight is 334 g/mol. The predicted octanol–water partition coefficient (Wildman–Crippen LogP) is 0.615. The Bertz CT molecular complexity index is 700. The number of ether oxygens (including phenoxy) is 1. The van der Waals surface area contributed by atoms with Gasteiger partial charge in [-0.3, -0.25) is 9.03 Å². The van der Waals surface area contributed by atoms with Crippen LogP contribution in [-0.2, 0) is 24.8 Å². The number of methoxy groups -OCH3 is 1. The molecule has 118 valence electrons. The molecular weight excluding hydrogens is 316 g/mol. The third-order valence-corrected chi connectivity index (χ3v) is 6.18. The van der Waals surface area contributed by atoms with Crippen LogP contribution in [0.5, 0.6) is 0 Å². The van der Waals surface area contributed by atoms with Gasteiger partial charge in [-0.1, -0.05) is 6.07 Å². The summed E-state index contributed by atoms with van der Waals surface area (Å²) < 4.78 is 55.8. The third kappa shape index (κ3) is 4.08. The number of sulfonamides is 2. The second kappa shape index (κ2) is 6.20. The molecule has 0 atom stereocenters. The molecule has 1 aliphatic rings. The molecule has 0 aliphatic carbocycles. The molecule has 0 bridgehead atoms. The van der Waals surface area contributed by atoms with Crippen molar-refractivity contribution >= 4 is 31.4 Å². The van der Waals surface area contributed by atoms with Crippen LogP contribution in [0.25, 0.3) is 0 Å². The quantitative estimate of drug-likeness (QED) is 0.823. The Hall–Kier alpha value is -1.32. The standard InChI is InChI=1S/C12H18N2O5S2/c1-19-7-9-20(15,16)13-11-4-2-5-12(10-11)14-6-3-8-21(14,17)18/h2,4-5,10,13H,3,6-9H2,1H3. The molecule has 0 spiro atoms. The zero-order valence-electron chi connectivity index (χ0n) is 11.6. The first kappa shape index (κ1) is 16.1. The van der Waals surface area contributed by atoms with E-state index in [2.05, 4.69) is 4.72 Å². The molecule has 9 heteroatoms. The molecule has 1 aliphatic heterocycles. The molecule has 1 aromatic carbocycles. The number of nitrogens with one attached hydrogen (secondary N) is 1. The molecule has 7 nitrogen and oxygen atoms in total. The van der Waals surface area contributed by atoms with E-state index in [-0.39, 0.29) is 18.1 Å². The van der Waals surface area contributed by atoms with Gasteiger partial charge in [-0.25, -0.2) is 16.8 Å². The van der Waals surface area contributed by atoms with Crippen LogP contribution >= 0.6 is 0 Å². The predicted molar refractivity (Wildman–Crippen MR) is 81.5 cm³/mol. The van der Waals surface area contributed by atoms with Gasteiger partial charge in [0.15, 0.2) is 0 Å². The lowest BCUT2D eigenvalue weighted by Crippen LogP contribution is -2.25. The summed E-state index contributed by atoms with van der Waals surface area (Å²) in [5, 5.41) is 0. The fourth-order valence-electron chi connectivity index (χ4n) is 2.08. The summed E-state index contributed by atoms with van der Waals surface area (Å²) in [6.07, 6.45) is 0.576. The molecule has 21 heavy (non-hydrogen) atoms. The van der Waals surface area contributed by atoms with Gasteiger partial charge in [0.2, 0.25) is 20.0 Å². The summed E-state index contributed by atoms with van der Waals surface area (Å²) in [5.41, 5.74) is 0.810. The van der Waals surface area contributed by atoms with Crippen molar-refractivity contribution in [1.29, 1.82) is 0 Å². The van der Waals surface area contributed by atoms with Crippen LogP contribution in [0.2, 0.25) is 0 Å². The number of nitrogens with zero attached hydrogens (tertiary/aromatic N) is 1. The first-order chi connectivity index (χ1) is 9.84. The Labute approximate surface area is 125 Å². The van der Waals surface area contributed by atoms with Crippen molar-refractivity contribution < 1.29 is 21.6 Å². The van der Waals surface area contributed by atoms with Gasteiger partial charge >= 0.3 is 0 Å². The second-order valence-electron chi connectivity index (χ2n) is 4.71. The van der Waals surface area contributed by atoms with Crippen molar-refractivity contribution in [2.24, 2.45) is 0 Å². The van der Waals surface area contributed by atoms with Crippen LogP contribution in [0.1, 0.15) is 6.42 Å². The maximum absolute atomic E-state index is 11.9. The van der Waals surface area contributed by atoms with Crippen LogP contribution in [0.15, 0.2) is 24.3 Å². The van der Waals surface area contributed by atoms with Crippen LogP contribution in [-0.4, -0.2) is 48.6 Å². The lowest BCUT2D eigenvalue weighted by molar-refractivity contribution is 0.217. The number of rotatable bonds is 6. The van der Waals surface area contributed by atoms with Crippen LogP contribution < -0.4 is 9.03 Å². The molecular formula is C12H18N2O5S2. The van der Waals surface area contributed by atoms with E-state index >= 15 is 0 Å². The molecule has 0 aromatic heterocycles.